The molecule has 0 radical (unpaired) electrons. The van der Waals surface area contributed by atoms with Gasteiger partial charge in [-0.25, -0.2) is 0 Å². The van der Waals surface area contributed by atoms with Gasteiger partial charge in [0, 0.05) is 25.2 Å². The Labute approximate surface area is 571 Å². The van der Waals surface area contributed by atoms with E-state index in [1.54, 1.807) is 0 Å². The molecule has 0 rings (SSSR count). The molecule has 0 aromatic heterocycles. The summed E-state index contributed by atoms with van der Waals surface area (Å²) in [5, 5.41) is 19.2. The molecule has 0 saturated carbocycles. The normalized spacial score (nSPS) is 12.2. The number of hydrogen-bond acceptors (Lipinski definition) is 6. The molecule has 0 unspecified atom stereocenters. The van der Waals surface area contributed by atoms with Gasteiger partial charge in [-0.2, -0.15) is 8.42 Å². The highest BCUT2D eigenvalue weighted by Gasteiger charge is 2.17. The molecule has 0 bridgehead atoms. The zero-order valence-corrected chi connectivity index (χ0v) is 63.2. The number of allylic oxidation sites excluding steroid dienone is 8. The van der Waals surface area contributed by atoms with Crippen LogP contribution in [-0.2, 0) is 10.4 Å². The summed E-state index contributed by atoms with van der Waals surface area (Å²) in [4.78, 5) is 5.10. The van der Waals surface area contributed by atoms with Crippen molar-refractivity contribution in [1.82, 2.24) is 9.80 Å². The number of hydrogen-bond donors (Lipinski definition) is 4. The van der Waals surface area contributed by atoms with Crippen LogP contribution in [0.1, 0.15) is 427 Å². The lowest BCUT2D eigenvalue weighted by Gasteiger charge is -2.30. The van der Waals surface area contributed by atoms with Gasteiger partial charge in [0.05, 0.1) is 13.2 Å². The minimum absolute atomic E-state index is 0.297. The van der Waals surface area contributed by atoms with Gasteiger partial charge in [0.1, 0.15) is 0 Å². The Morgan fingerprint density at radius 2 is 0.396 bits per heavy atom. The van der Waals surface area contributed by atoms with Crippen LogP contribution in [0.3, 0.4) is 0 Å². The molecular formula is C82H164N2O6S. The van der Waals surface area contributed by atoms with Gasteiger partial charge >= 0.3 is 10.4 Å². The Morgan fingerprint density at radius 1 is 0.253 bits per heavy atom. The van der Waals surface area contributed by atoms with Crippen molar-refractivity contribution in [1.29, 1.82) is 0 Å². The van der Waals surface area contributed by atoms with E-state index in [9.17, 15) is 10.2 Å². The third-order valence-corrected chi connectivity index (χ3v) is 18.8. The molecule has 0 amide bonds. The zero-order valence-electron chi connectivity index (χ0n) is 62.4. The van der Waals surface area contributed by atoms with E-state index in [0.717, 1.165) is 26.2 Å². The maximum Gasteiger partial charge on any atom is 0.394 e. The van der Waals surface area contributed by atoms with Crippen molar-refractivity contribution in [3.05, 3.63) is 48.6 Å². The second kappa shape index (κ2) is 82.9. The lowest BCUT2D eigenvalue weighted by atomic mass is 9.98. The molecule has 4 N–H and O–H groups in total. The van der Waals surface area contributed by atoms with E-state index in [1.807, 2.05) is 0 Å². The van der Waals surface area contributed by atoms with E-state index in [4.69, 9.17) is 17.5 Å². The fraction of sp³-hybridized carbons (Fsp3) is 0.902. The molecule has 0 saturated heterocycles. The molecule has 0 aromatic carbocycles. The summed E-state index contributed by atoms with van der Waals surface area (Å²) in [6.07, 6.45) is 102. The van der Waals surface area contributed by atoms with Gasteiger partial charge in [0.15, 0.2) is 0 Å². The Balaban J connectivity index is -0.00000158. The first-order valence-corrected chi connectivity index (χ1v) is 42.0. The van der Waals surface area contributed by atoms with Crippen LogP contribution in [0.2, 0.25) is 0 Å². The molecule has 9 heteroatoms. The quantitative estimate of drug-likeness (QED) is 0.0270. The molecule has 0 aliphatic rings. The Bertz CT molecular complexity index is 1360. The highest BCUT2D eigenvalue weighted by Crippen LogP contribution is 2.22. The van der Waals surface area contributed by atoms with Crippen LogP contribution in [0, 0.1) is 0 Å². The number of aliphatic hydroxyl groups excluding tert-OH is 2. The molecule has 0 fully saturated rings. The lowest BCUT2D eigenvalue weighted by molar-refractivity contribution is 0.140. The zero-order chi connectivity index (χ0) is 67.1. The second-order valence-electron chi connectivity index (χ2n) is 27.4. The van der Waals surface area contributed by atoms with Gasteiger partial charge in [0.2, 0.25) is 0 Å². The Kier molecular flexibility index (Phi) is 85.5. The molecule has 0 aliphatic heterocycles. The summed E-state index contributed by atoms with van der Waals surface area (Å²) in [5.41, 5.74) is 0. The molecule has 8 nitrogen and oxygen atoms in total. The van der Waals surface area contributed by atoms with E-state index in [2.05, 4.69) is 100.0 Å². The van der Waals surface area contributed by atoms with Crippen molar-refractivity contribution in [2.75, 3.05) is 39.4 Å². The van der Waals surface area contributed by atoms with E-state index >= 15 is 0 Å². The van der Waals surface area contributed by atoms with E-state index in [-0.39, 0.29) is 0 Å². The van der Waals surface area contributed by atoms with E-state index in [0.29, 0.717) is 25.3 Å². The van der Waals surface area contributed by atoms with Gasteiger partial charge in [-0.15, -0.1) is 0 Å². The first-order valence-electron chi connectivity index (χ1n) is 40.6. The van der Waals surface area contributed by atoms with Crippen LogP contribution in [-0.4, -0.2) is 89.0 Å². The average Bonchev–Trinajstić information content (AvgIpc) is 3.59. The Morgan fingerprint density at radius 3 is 0.538 bits per heavy atom. The van der Waals surface area contributed by atoms with Crippen molar-refractivity contribution in [2.45, 2.75) is 439 Å². The SMILES string of the molecule is CCCCCCCC/C=C\CCCCCCCCC(CCCCCCCC/C=C\CCCCCCCC)N(CC)CCO.CCCCCCCC/C=C\CCCCCCCCC(CCCCCCCC/C=C\CCCCCCCC)N(CC)CCO.O=S(=O)(O)O. The minimum Gasteiger partial charge on any atom is -0.395 e. The molecule has 0 aromatic rings. The molecule has 0 aliphatic carbocycles. The maximum atomic E-state index is 9.59. The van der Waals surface area contributed by atoms with Crippen LogP contribution in [0.4, 0.5) is 0 Å². The average molecular weight is 1310 g/mol. The van der Waals surface area contributed by atoms with Gasteiger partial charge in [0.25, 0.3) is 0 Å². The highest BCUT2D eigenvalue weighted by atomic mass is 32.3. The largest absolute Gasteiger partial charge is 0.395 e. The first-order chi connectivity index (χ1) is 44.6. The predicted octanol–water partition coefficient (Wildman–Crippen LogP) is 26.4. The van der Waals surface area contributed by atoms with Gasteiger partial charge in [-0.1, -0.05) is 347 Å². The van der Waals surface area contributed by atoms with Crippen LogP contribution < -0.4 is 0 Å². The summed E-state index contributed by atoms with van der Waals surface area (Å²) in [6, 6.07) is 1.34. The monoisotopic (exact) mass is 1310 g/mol. The van der Waals surface area contributed by atoms with Gasteiger partial charge in [-0.3, -0.25) is 18.9 Å². The summed E-state index contributed by atoms with van der Waals surface area (Å²) in [7, 11) is -4.67. The van der Waals surface area contributed by atoms with Crippen molar-refractivity contribution < 1.29 is 27.7 Å². The maximum absolute atomic E-state index is 9.59. The second-order valence-corrected chi connectivity index (χ2v) is 28.3. The number of likely N-dealkylation sites (N-methyl/N-ethyl adjacent to an activating group) is 2. The first kappa shape index (κ1) is 93.9. The summed E-state index contributed by atoms with van der Waals surface area (Å²) in [6.45, 7) is 18.1. The van der Waals surface area contributed by atoms with E-state index < -0.39 is 10.4 Å². The van der Waals surface area contributed by atoms with Crippen LogP contribution >= 0.6 is 0 Å². The van der Waals surface area contributed by atoms with Crippen LogP contribution in [0.15, 0.2) is 48.6 Å². The van der Waals surface area contributed by atoms with Crippen molar-refractivity contribution in [3.8, 4) is 0 Å². The molecule has 544 valence electrons. The third kappa shape index (κ3) is 84.7. The molecule has 0 atom stereocenters. The molecular weight excluding hydrogens is 1140 g/mol. The smallest absolute Gasteiger partial charge is 0.394 e. The number of rotatable bonds is 72. The van der Waals surface area contributed by atoms with Crippen LogP contribution in [0.25, 0.3) is 0 Å². The fourth-order valence-electron chi connectivity index (χ4n) is 13.0. The fourth-order valence-corrected chi connectivity index (χ4v) is 13.0. The Hall–Kier alpha value is -1.33. The standard InChI is InChI=1S/2C41H81NO.H2O4S/c2*1-4-7-9-11-13-15-17-19-21-23-25-27-29-31-33-35-37-41(42(6-3)39-40-43)38-36-34-32-30-28-26-24-22-20-18-16-14-12-10-8-5-2;1-5(2,3)4/h2*19-22,41,43H,4-18,23-40H2,1-3H3;(H2,1,2,3,4)/b2*21-19-,22-20-;. The topological polar surface area (TPSA) is 122 Å². The third-order valence-electron chi connectivity index (χ3n) is 18.8. The van der Waals surface area contributed by atoms with Gasteiger partial charge < -0.3 is 10.2 Å². The molecule has 0 heterocycles. The predicted molar refractivity (Wildman–Crippen MR) is 407 cm³/mol. The lowest BCUT2D eigenvalue weighted by Crippen LogP contribution is -2.37. The number of nitrogens with zero attached hydrogens (tertiary/aromatic N) is 2. The van der Waals surface area contributed by atoms with Gasteiger partial charge in [-0.05, 0) is 142 Å². The number of aliphatic hydroxyl groups is 2. The van der Waals surface area contributed by atoms with Crippen molar-refractivity contribution in [2.24, 2.45) is 0 Å². The van der Waals surface area contributed by atoms with Crippen LogP contribution in [0.5, 0.6) is 0 Å². The van der Waals surface area contributed by atoms with E-state index in [1.165, 1.54) is 385 Å². The summed E-state index contributed by atoms with van der Waals surface area (Å²) >= 11 is 0. The van der Waals surface area contributed by atoms with Crippen molar-refractivity contribution in [3.63, 3.8) is 0 Å². The number of unbranched alkanes of at least 4 members (excludes halogenated alkanes) is 48. The highest BCUT2D eigenvalue weighted by molar-refractivity contribution is 7.79. The molecule has 0 spiro atoms. The van der Waals surface area contributed by atoms with Crippen molar-refractivity contribution >= 4 is 10.4 Å². The summed E-state index contributed by atoms with van der Waals surface area (Å²) < 4.78 is 31.6. The summed E-state index contributed by atoms with van der Waals surface area (Å²) in [5.74, 6) is 0. The molecule has 91 heavy (non-hydrogen) atoms. The minimum atomic E-state index is -4.67.